The van der Waals surface area contributed by atoms with E-state index in [9.17, 15) is 0 Å². The molecule has 0 radical (unpaired) electrons. The summed E-state index contributed by atoms with van der Waals surface area (Å²) < 4.78 is 0. The fourth-order valence-electron chi connectivity index (χ4n) is 1.03. The molecule has 1 atom stereocenters. The van der Waals surface area contributed by atoms with Gasteiger partial charge in [0.05, 0.1) is 0 Å². The largest absolute Gasteiger partial charge is 0.103 e. The van der Waals surface area contributed by atoms with Gasteiger partial charge in [-0.25, -0.2) is 0 Å². The molecule has 0 amide bonds. The van der Waals surface area contributed by atoms with Gasteiger partial charge in [-0.05, 0) is 18.3 Å². The molecule has 0 aromatic carbocycles. The van der Waals surface area contributed by atoms with Gasteiger partial charge in [-0.1, -0.05) is 26.7 Å². The zero-order chi connectivity index (χ0) is 7.61. The molecule has 0 spiro atoms. The maximum Gasteiger partial charge on any atom is 0.0259 e. The average Bonchev–Trinajstić information content (AvgIpc) is 2.41. The fourth-order valence-corrected chi connectivity index (χ4v) is 1.03. The van der Waals surface area contributed by atoms with Crippen LogP contribution in [0.15, 0.2) is 0 Å². The fraction of sp³-hybridized carbons (Fsp3) is 0.800. The van der Waals surface area contributed by atoms with Gasteiger partial charge in [0.15, 0.2) is 0 Å². The van der Waals surface area contributed by atoms with E-state index in [0.717, 1.165) is 6.42 Å². The number of hydrogen-bond acceptors (Lipinski definition) is 0. The van der Waals surface area contributed by atoms with Gasteiger partial charge in [0.25, 0.3) is 0 Å². The zero-order valence-corrected chi connectivity index (χ0v) is 7.20. The highest BCUT2D eigenvalue weighted by Crippen LogP contribution is 2.50. The Kier molecular flexibility index (Phi) is 2.04. The number of hydrogen-bond donors (Lipinski definition) is 0. The molecule has 1 aliphatic carbocycles. The predicted molar refractivity (Wildman–Crippen MR) is 44.6 cm³/mol. The Morgan fingerprint density at radius 2 is 2.10 bits per heavy atom. The first kappa shape index (κ1) is 7.66. The first-order valence-electron chi connectivity index (χ1n) is 4.15. The maximum absolute atomic E-state index is 3.30. The molecule has 0 heterocycles. The van der Waals surface area contributed by atoms with Crippen LogP contribution in [0.3, 0.4) is 0 Å². The molecule has 56 valence electrons. The third kappa shape index (κ3) is 1.77. The smallest absolute Gasteiger partial charge is 0.0259 e. The van der Waals surface area contributed by atoms with Crippen molar-refractivity contribution >= 4 is 0 Å². The van der Waals surface area contributed by atoms with Gasteiger partial charge in [0.2, 0.25) is 0 Å². The Morgan fingerprint density at radius 3 is 2.50 bits per heavy atom. The van der Waals surface area contributed by atoms with E-state index in [1.165, 1.54) is 12.8 Å². The molecule has 0 heteroatoms. The SMILES string of the molecule is CCCC#CC1CC1(C)C. The van der Waals surface area contributed by atoms with Crippen molar-refractivity contribution in [2.75, 3.05) is 0 Å². The van der Waals surface area contributed by atoms with Crippen LogP contribution in [-0.2, 0) is 0 Å². The van der Waals surface area contributed by atoms with Crippen molar-refractivity contribution in [1.82, 2.24) is 0 Å². The molecular weight excluding hydrogens is 120 g/mol. The summed E-state index contributed by atoms with van der Waals surface area (Å²) >= 11 is 0. The minimum absolute atomic E-state index is 0.542. The molecular formula is C10H16. The standard InChI is InChI=1S/C10H16/c1-4-5-6-7-9-8-10(9,2)3/h9H,4-5,8H2,1-3H3. The van der Waals surface area contributed by atoms with Crippen LogP contribution in [0.4, 0.5) is 0 Å². The molecule has 10 heavy (non-hydrogen) atoms. The van der Waals surface area contributed by atoms with E-state index in [4.69, 9.17) is 0 Å². The van der Waals surface area contributed by atoms with Crippen molar-refractivity contribution in [3.63, 3.8) is 0 Å². The van der Waals surface area contributed by atoms with E-state index in [2.05, 4.69) is 32.6 Å². The lowest BCUT2D eigenvalue weighted by Crippen LogP contribution is -1.85. The van der Waals surface area contributed by atoms with Crippen LogP contribution in [0.2, 0.25) is 0 Å². The summed E-state index contributed by atoms with van der Waals surface area (Å²) in [5.74, 6) is 7.21. The topological polar surface area (TPSA) is 0 Å². The lowest BCUT2D eigenvalue weighted by molar-refractivity contribution is 0.617. The van der Waals surface area contributed by atoms with Gasteiger partial charge in [0, 0.05) is 12.3 Å². The van der Waals surface area contributed by atoms with Crippen LogP contribution in [0.1, 0.15) is 40.0 Å². The monoisotopic (exact) mass is 136 g/mol. The molecule has 1 saturated carbocycles. The Bertz CT molecular complexity index is 166. The van der Waals surface area contributed by atoms with E-state index >= 15 is 0 Å². The van der Waals surface area contributed by atoms with Crippen LogP contribution in [0, 0.1) is 23.2 Å². The zero-order valence-electron chi connectivity index (χ0n) is 7.20. The third-order valence-electron chi connectivity index (χ3n) is 2.16. The number of rotatable bonds is 1. The Morgan fingerprint density at radius 1 is 1.50 bits per heavy atom. The quantitative estimate of drug-likeness (QED) is 0.486. The highest BCUT2D eigenvalue weighted by atomic mass is 14.5. The van der Waals surface area contributed by atoms with Gasteiger partial charge < -0.3 is 0 Å². The highest BCUT2D eigenvalue weighted by molar-refractivity contribution is 5.16. The van der Waals surface area contributed by atoms with Crippen molar-refractivity contribution in [1.29, 1.82) is 0 Å². The van der Waals surface area contributed by atoms with Crippen molar-refractivity contribution < 1.29 is 0 Å². The van der Waals surface area contributed by atoms with E-state index < -0.39 is 0 Å². The second kappa shape index (κ2) is 2.66. The molecule has 1 unspecified atom stereocenters. The van der Waals surface area contributed by atoms with Crippen LogP contribution in [0.5, 0.6) is 0 Å². The molecule has 0 N–H and O–H groups in total. The van der Waals surface area contributed by atoms with E-state index in [-0.39, 0.29) is 0 Å². The summed E-state index contributed by atoms with van der Waals surface area (Å²) in [5.41, 5.74) is 0.542. The lowest BCUT2D eigenvalue weighted by Gasteiger charge is -1.92. The van der Waals surface area contributed by atoms with Crippen LogP contribution in [0.25, 0.3) is 0 Å². The van der Waals surface area contributed by atoms with Gasteiger partial charge in [-0.2, -0.15) is 0 Å². The molecule has 1 rings (SSSR count). The maximum atomic E-state index is 3.30. The van der Waals surface area contributed by atoms with Gasteiger partial charge in [0.1, 0.15) is 0 Å². The molecule has 0 saturated heterocycles. The molecule has 0 nitrogen and oxygen atoms in total. The molecule has 0 aliphatic heterocycles. The molecule has 0 aromatic heterocycles. The summed E-state index contributed by atoms with van der Waals surface area (Å²) in [6.45, 7) is 6.75. The molecule has 1 fully saturated rings. The van der Waals surface area contributed by atoms with E-state index in [1.807, 2.05) is 0 Å². The van der Waals surface area contributed by atoms with Gasteiger partial charge in [-0.15, -0.1) is 5.92 Å². The predicted octanol–water partition coefficient (Wildman–Crippen LogP) is 2.84. The normalized spacial score (nSPS) is 26.9. The third-order valence-corrected chi connectivity index (χ3v) is 2.16. The summed E-state index contributed by atoms with van der Waals surface area (Å²) in [5, 5.41) is 0. The first-order valence-corrected chi connectivity index (χ1v) is 4.15. The van der Waals surface area contributed by atoms with Gasteiger partial charge in [-0.3, -0.25) is 0 Å². The summed E-state index contributed by atoms with van der Waals surface area (Å²) in [4.78, 5) is 0. The second-order valence-electron chi connectivity index (χ2n) is 3.82. The second-order valence-corrected chi connectivity index (χ2v) is 3.82. The number of unbranched alkanes of at least 4 members (excludes halogenated alkanes) is 1. The molecule has 0 bridgehead atoms. The minimum Gasteiger partial charge on any atom is -0.103 e. The summed E-state index contributed by atoms with van der Waals surface area (Å²) in [6, 6.07) is 0. The average molecular weight is 136 g/mol. The van der Waals surface area contributed by atoms with Crippen LogP contribution >= 0.6 is 0 Å². The minimum atomic E-state index is 0.542. The van der Waals surface area contributed by atoms with Crippen molar-refractivity contribution in [3.05, 3.63) is 0 Å². The molecule has 1 aliphatic rings. The van der Waals surface area contributed by atoms with Crippen molar-refractivity contribution in [2.24, 2.45) is 11.3 Å². The molecule has 0 aromatic rings. The Labute approximate surface area is 64.0 Å². The highest BCUT2D eigenvalue weighted by Gasteiger charge is 2.44. The van der Waals surface area contributed by atoms with Gasteiger partial charge >= 0.3 is 0 Å². The summed E-state index contributed by atoms with van der Waals surface area (Å²) in [6.07, 6.45) is 3.58. The Hall–Kier alpha value is -0.440. The van der Waals surface area contributed by atoms with Crippen LogP contribution in [-0.4, -0.2) is 0 Å². The Balaban J connectivity index is 2.24. The van der Waals surface area contributed by atoms with E-state index in [0.29, 0.717) is 11.3 Å². The van der Waals surface area contributed by atoms with E-state index in [1.54, 1.807) is 0 Å². The lowest BCUT2D eigenvalue weighted by atomic mass is 10.1. The first-order chi connectivity index (χ1) is 4.67. The van der Waals surface area contributed by atoms with Crippen LogP contribution < -0.4 is 0 Å². The summed E-state index contributed by atoms with van der Waals surface area (Å²) in [7, 11) is 0. The van der Waals surface area contributed by atoms with Crippen molar-refractivity contribution in [2.45, 2.75) is 40.0 Å². The van der Waals surface area contributed by atoms with Crippen molar-refractivity contribution in [3.8, 4) is 11.8 Å².